The predicted molar refractivity (Wildman–Crippen MR) is 81.7 cm³/mol. The summed E-state index contributed by atoms with van der Waals surface area (Å²) in [6.45, 7) is 0.793. The van der Waals surface area contributed by atoms with Crippen LogP contribution in [-0.4, -0.2) is 29.1 Å². The van der Waals surface area contributed by atoms with Gasteiger partial charge in [-0.25, -0.2) is 4.98 Å². The predicted octanol–water partition coefficient (Wildman–Crippen LogP) is 0.762. The van der Waals surface area contributed by atoms with Gasteiger partial charge in [0.25, 0.3) is 5.91 Å². The van der Waals surface area contributed by atoms with Gasteiger partial charge in [0.1, 0.15) is 5.82 Å². The second-order valence-corrected chi connectivity index (χ2v) is 4.63. The summed E-state index contributed by atoms with van der Waals surface area (Å²) < 4.78 is 0. The topological polar surface area (TPSA) is 105 Å². The number of aliphatic hydroxyl groups excluding tert-OH is 1. The first-order valence-corrected chi connectivity index (χ1v) is 6.57. The Kier molecular flexibility index (Phi) is 4.73. The minimum atomic E-state index is -0.596. The number of aliphatic hydroxyl groups is 1. The SMILES string of the molecule is NC(=O)c1cc(N)cnc1N(CCO)Cc1ccccc1. The van der Waals surface area contributed by atoms with Crippen molar-refractivity contribution in [2.75, 3.05) is 23.8 Å². The van der Waals surface area contributed by atoms with Gasteiger partial charge < -0.3 is 21.5 Å². The van der Waals surface area contributed by atoms with Crippen LogP contribution in [0.1, 0.15) is 15.9 Å². The van der Waals surface area contributed by atoms with Crippen LogP contribution in [0.4, 0.5) is 11.5 Å². The zero-order valence-corrected chi connectivity index (χ0v) is 11.6. The van der Waals surface area contributed by atoms with Crippen LogP contribution in [0.3, 0.4) is 0 Å². The molecule has 21 heavy (non-hydrogen) atoms. The molecular weight excluding hydrogens is 268 g/mol. The van der Waals surface area contributed by atoms with E-state index in [1.165, 1.54) is 12.3 Å². The first kappa shape index (κ1) is 14.8. The number of anilines is 2. The minimum absolute atomic E-state index is 0.0584. The number of aromatic nitrogens is 1. The van der Waals surface area contributed by atoms with Crippen LogP contribution in [0.5, 0.6) is 0 Å². The van der Waals surface area contributed by atoms with Crippen LogP contribution in [-0.2, 0) is 6.54 Å². The van der Waals surface area contributed by atoms with E-state index in [0.717, 1.165) is 5.56 Å². The third-order valence-electron chi connectivity index (χ3n) is 3.04. The lowest BCUT2D eigenvalue weighted by atomic mass is 10.1. The van der Waals surface area contributed by atoms with Crippen molar-refractivity contribution in [3.05, 3.63) is 53.7 Å². The molecule has 6 heteroatoms. The first-order valence-electron chi connectivity index (χ1n) is 6.57. The van der Waals surface area contributed by atoms with Gasteiger partial charge in [-0.15, -0.1) is 0 Å². The molecule has 0 aliphatic heterocycles. The van der Waals surface area contributed by atoms with Crippen molar-refractivity contribution < 1.29 is 9.90 Å². The van der Waals surface area contributed by atoms with E-state index < -0.39 is 5.91 Å². The molecule has 0 saturated heterocycles. The normalized spacial score (nSPS) is 10.3. The molecule has 0 unspecified atom stereocenters. The number of hydrogen-bond acceptors (Lipinski definition) is 5. The fourth-order valence-electron chi connectivity index (χ4n) is 2.09. The largest absolute Gasteiger partial charge is 0.397 e. The van der Waals surface area contributed by atoms with Crippen molar-refractivity contribution >= 4 is 17.4 Å². The van der Waals surface area contributed by atoms with Gasteiger partial charge in [-0.05, 0) is 11.6 Å². The molecule has 0 bridgehead atoms. The van der Waals surface area contributed by atoms with Gasteiger partial charge in [-0.2, -0.15) is 0 Å². The quantitative estimate of drug-likeness (QED) is 0.727. The Bertz CT molecular complexity index is 616. The van der Waals surface area contributed by atoms with E-state index in [1.54, 1.807) is 4.90 Å². The molecule has 1 aromatic carbocycles. The van der Waals surface area contributed by atoms with Crippen molar-refractivity contribution in [2.45, 2.75) is 6.54 Å². The second-order valence-electron chi connectivity index (χ2n) is 4.63. The summed E-state index contributed by atoms with van der Waals surface area (Å²) in [6.07, 6.45) is 1.47. The molecule has 1 amide bonds. The maximum absolute atomic E-state index is 11.6. The number of pyridine rings is 1. The first-order chi connectivity index (χ1) is 10.1. The highest BCUT2D eigenvalue weighted by Crippen LogP contribution is 2.21. The molecule has 2 rings (SSSR count). The average molecular weight is 286 g/mol. The molecule has 0 aliphatic carbocycles. The van der Waals surface area contributed by atoms with Gasteiger partial charge in [0, 0.05) is 13.1 Å². The van der Waals surface area contributed by atoms with Gasteiger partial charge in [-0.3, -0.25) is 4.79 Å². The summed E-state index contributed by atoms with van der Waals surface area (Å²) in [5, 5.41) is 9.25. The monoisotopic (exact) mass is 286 g/mol. The number of rotatable bonds is 6. The highest BCUT2D eigenvalue weighted by atomic mass is 16.3. The number of hydrogen-bond donors (Lipinski definition) is 3. The Morgan fingerprint density at radius 2 is 2.00 bits per heavy atom. The highest BCUT2D eigenvalue weighted by Gasteiger charge is 2.17. The summed E-state index contributed by atoms with van der Waals surface area (Å²) in [7, 11) is 0. The molecule has 0 atom stereocenters. The number of nitrogens with two attached hydrogens (primary N) is 2. The molecule has 5 N–H and O–H groups in total. The molecular formula is C15H18N4O2. The molecule has 0 aliphatic rings. The maximum Gasteiger partial charge on any atom is 0.252 e. The summed E-state index contributed by atoms with van der Waals surface area (Å²) >= 11 is 0. The summed E-state index contributed by atoms with van der Waals surface area (Å²) in [5.41, 5.74) is 12.7. The lowest BCUT2D eigenvalue weighted by Crippen LogP contribution is -2.30. The molecule has 1 heterocycles. The molecule has 2 aromatic rings. The van der Waals surface area contributed by atoms with Crippen molar-refractivity contribution in [1.82, 2.24) is 4.98 Å². The van der Waals surface area contributed by atoms with Crippen molar-refractivity contribution in [3.8, 4) is 0 Å². The van der Waals surface area contributed by atoms with Gasteiger partial charge in [-0.1, -0.05) is 30.3 Å². The van der Waals surface area contributed by atoms with Crippen LogP contribution in [0.25, 0.3) is 0 Å². The van der Waals surface area contributed by atoms with Gasteiger partial charge in [0.15, 0.2) is 0 Å². The second kappa shape index (κ2) is 6.71. The summed E-state index contributed by atoms with van der Waals surface area (Å²) in [4.78, 5) is 17.6. The van der Waals surface area contributed by atoms with Crippen LogP contribution in [0, 0.1) is 0 Å². The summed E-state index contributed by atoms with van der Waals surface area (Å²) in [6, 6.07) is 11.2. The molecule has 0 fully saturated rings. The smallest absolute Gasteiger partial charge is 0.252 e. The zero-order valence-electron chi connectivity index (χ0n) is 11.6. The van der Waals surface area contributed by atoms with Crippen LogP contribution >= 0.6 is 0 Å². The van der Waals surface area contributed by atoms with Gasteiger partial charge >= 0.3 is 0 Å². The Balaban J connectivity index is 2.36. The third-order valence-corrected chi connectivity index (χ3v) is 3.04. The molecule has 1 aromatic heterocycles. The van der Waals surface area contributed by atoms with E-state index in [2.05, 4.69) is 4.98 Å². The van der Waals surface area contributed by atoms with Crippen LogP contribution in [0.15, 0.2) is 42.6 Å². The van der Waals surface area contributed by atoms with Crippen molar-refractivity contribution in [1.29, 1.82) is 0 Å². The van der Waals surface area contributed by atoms with Crippen LogP contribution in [0.2, 0.25) is 0 Å². The number of carbonyl (C=O) groups excluding carboxylic acids is 1. The average Bonchev–Trinajstić information content (AvgIpc) is 2.48. The van der Waals surface area contributed by atoms with E-state index >= 15 is 0 Å². The Labute approximate surface area is 123 Å². The molecule has 110 valence electrons. The van der Waals surface area contributed by atoms with Crippen molar-refractivity contribution in [3.63, 3.8) is 0 Å². The molecule has 0 spiro atoms. The number of carbonyl (C=O) groups is 1. The molecule has 6 nitrogen and oxygen atoms in total. The number of nitrogen functional groups attached to an aromatic ring is 1. The fraction of sp³-hybridized carbons (Fsp3) is 0.200. The standard InChI is InChI=1S/C15H18N4O2/c16-12-8-13(14(17)21)15(18-9-12)19(6-7-20)10-11-4-2-1-3-5-11/h1-5,8-9,20H,6-7,10,16H2,(H2,17,21). The van der Waals surface area contributed by atoms with E-state index in [9.17, 15) is 9.90 Å². The number of primary amides is 1. The van der Waals surface area contributed by atoms with E-state index in [0.29, 0.717) is 24.6 Å². The summed E-state index contributed by atoms with van der Waals surface area (Å²) in [5.74, 6) is -0.171. The molecule has 0 saturated carbocycles. The van der Waals surface area contributed by atoms with Gasteiger partial charge in [0.2, 0.25) is 0 Å². The molecule has 0 radical (unpaired) electrons. The minimum Gasteiger partial charge on any atom is -0.397 e. The third kappa shape index (κ3) is 3.70. The Hall–Kier alpha value is -2.60. The number of benzene rings is 1. The van der Waals surface area contributed by atoms with E-state index in [-0.39, 0.29) is 12.2 Å². The fourth-order valence-corrected chi connectivity index (χ4v) is 2.09. The number of amides is 1. The number of nitrogens with zero attached hydrogens (tertiary/aromatic N) is 2. The van der Waals surface area contributed by atoms with Crippen LogP contribution < -0.4 is 16.4 Å². The lowest BCUT2D eigenvalue weighted by Gasteiger charge is -2.24. The van der Waals surface area contributed by atoms with Crippen molar-refractivity contribution in [2.24, 2.45) is 5.73 Å². The van der Waals surface area contributed by atoms with Gasteiger partial charge in [0.05, 0.1) is 24.1 Å². The Morgan fingerprint density at radius 3 is 2.62 bits per heavy atom. The van der Waals surface area contributed by atoms with E-state index in [1.807, 2.05) is 30.3 Å². The lowest BCUT2D eigenvalue weighted by molar-refractivity contribution is 0.100. The zero-order chi connectivity index (χ0) is 15.2. The maximum atomic E-state index is 11.6. The van der Waals surface area contributed by atoms with E-state index in [4.69, 9.17) is 11.5 Å². The highest BCUT2D eigenvalue weighted by molar-refractivity contribution is 5.98. The Morgan fingerprint density at radius 1 is 1.29 bits per heavy atom.